The Morgan fingerprint density at radius 1 is 0.436 bits per heavy atom. The van der Waals surface area contributed by atoms with Gasteiger partial charge in [0.05, 0.1) is 18.8 Å². The molecule has 0 unspecified atom stereocenters. The van der Waals surface area contributed by atoms with Crippen molar-refractivity contribution in [2.75, 3.05) is 24.7 Å². The van der Waals surface area contributed by atoms with Crippen molar-refractivity contribution in [3.05, 3.63) is 233 Å². The number of hydrogen-bond donors (Lipinski definition) is 9. The van der Waals surface area contributed by atoms with E-state index in [0.717, 1.165) is 57.7 Å². The zero-order chi connectivity index (χ0) is 87.4. The summed E-state index contributed by atoms with van der Waals surface area (Å²) in [6.07, 6.45) is 2.46. The molecule has 24 atom stereocenters. The Morgan fingerprint density at radius 2 is 0.735 bits per heavy atom. The number of aliphatic hydroxyl groups is 3. The van der Waals surface area contributed by atoms with Crippen molar-refractivity contribution in [3.8, 4) is 12.3 Å². The highest BCUT2D eigenvalue weighted by atomic mass is 19.2. The Kier molecular flexibility index (Phi) is 30.6. The molecule has 0 radical (unpaired) electrons. The standard InChI is InChI=1S/C14H18FN3O2.C14H17FN2O3.C13H15FN2O3.C12H14FN3O4.C12H17FN2O4.C12H15FN2O4/c1-4-7-14(5-2)9(3)11(15)12(20-14)18-8-6-10(16)17-13(18)19;1-4-7-14(5-2)9(3)11(15)12(20-14)17-8-6-10(18)16-13(17)19;1-4-13(5-2)8(3)10(14)11(19-13)16-7-6-9(17)15-12(16)18;1-2-4-12(6-17)9(18)8(13)10(20-12)16-5-3-7(14)15-11(16)19;2*1-3-12(6-16)7(2)9(13)10(19-12)15-5-4-8(17)14-11(15)18/h6-9,11-12H,1,5H2,2-3H3,(H2,16,17,19);6-9,11-12H,1,5H2,2-3H3,(H,16,18,19);1,6-8,10-11H,5H2,2-3H3,(H,15,17,18);3-5,8-10,17-18H,1,6H2,(H2,14,15,19);4-5,7,9-10,16H,3,6H2,1-2H3,(H,14,17,18);4-7,9-10H,3H2,1-2H3,(H,14,17,18)/t2*9-,11-,12+,14-;8-,10-,11+,13+;8-,9-,10+,12+;2*7-,9-,10+,12-/m000000/s1. The number of nitrogens with zero attached hydrogens (tertiary/aromatic N) is 8. The van der Waals surface area contributed by atoms with E-state index in [4.69, 9.17) is 46.3 Å². The largest absolute Gasteiger partial charge is 0.393 e. The van der Waals surface area contributed by atoms with Gasteiger partial charge in [-0.25, -0.2) is 55.1 Å². The number of nitrogens with one attached hydrogen (secondary N) is 4. The van der Waals surface area contributed by atoms with Crippen LogP contribution in [0.4, 0.5) is 38.0 Å². The van der Waals surface area contributed by atoms with Gasteiger partial charge in [0.15, 0.2) is 80.7 Å². The maximum Gasteiger partial charge on any atom is 0.351 e. The van der Waals surface area contributed by atoms with Gasteiger partial charge in [-0.2, -0.15) is 9.97 Å². The quantitative estimate of drug-likeness (QED) is 0.0271. The van der Waals surface area contributed by atoms with Crippen LogP contribution in [0.3, 0.4) is 0 Å². The first-order valence-electron chi connectivity index (χ1n) is 37.0. The van der Waals surface area contributed by atoms with Crippen molar-refractivity contribution in [1.29, 1.82) is 0 Å². The van der Waals surface area contributed by atoms with Gasteiger partial charge < -0.3 is 60.0 Å². The van der Waals surface area contributed by atoms with E-state index in [-0.39, 0.29) is 18.2 Å². The van der Waals surface area contributed by atoms with Crippen LogP contribution in [-0.2, 0) is 33.2 Å². The van der Waals surface area contributed by atoms with Crippen LogP contribution in [0.25, 0.3) is 0 Å². The van der Waals surface area contributed by atoms with Gasteiger partial charge in [-0.05, 0) is 62.5 Å². The number of aromatic nitrogens is 12. The van der Waals surface area contributed by atoms with E-state index in [1.54, 1.807) is 67.5 Å². The van der Waals surface area contributed by atoms with Gasteiger partial charge in [0.1, 0.15) is 45.7 Å². The van der Waals surface area contributed by atoms with Crippen LogP contribution in [0.1, 0.15) is 139 Å². The highest BCUT2D eigenvalue weighted by molar-refractivity contribution is 5.64. The first kappa shape index (κ1) is 93.3. The molecule has 12 heterocycles. The summed E-state index contributed by atoms with van der Waals surface area (Å²) < 4.78 is 126. The number of ether oxygens (including phenoxy) is 6. The fraction of sp³-hybridized carbons (Fsp3) is 0.532. The summed E-state index contributed by atoms with van der Waals surface area (Å²) in [5.41, 5.74) is 5.27. The summed E-state index contributed by atoms with van der Waals surface area (Å²) in [5, 5.41) is 28.7. The zero-order valence-electron chi connectivity index (χ0n) is 65.6. The number of anilines is 2. The lowest BCUT2D eigenvalue weighted by Gasteiger charge is -2.29. The lowest BCUT2D eigenvalue weighted by Crippen LogP contribution is -2.43. The van der Waals surface area contributed by atoms with Crippen LogP contribution in [0.5, 0.6) is 0 Å². The minimum Gasteiger partial charge on any atom is -0.393 e. The summed E-state index contributed by atoms with van der Waals surface area (Å²) in [6, 6.07) is 7.28. The second-order valence-electron chi connectivity index (χ2n) is 28.4. The van der Waals surface area contributed by atoms with Crippen LogP contribution in [0.15, 0.2) is 177 Å². The van der Waals surface area contributed by atoms with Crippen LogP contribution in [-0.4, -0.2) is 169 Å². The molecule has 636 valence electrons. The number of aliphatic hydroxyl groups excluding tert-OH is 3. The molecule has 34 nitrogen and oxygen atoms in total. The Morgan fingerprint density at radius 3 is 1.02 bits per heavy atom. The predicted octanol–water partition coefficient (Wildman–Crippen LogP) is 3.86. The number of carbonyl (C=O) groups is 1. The molecule has 6 aliphatic heterocycles. The molecule has 0 spiro atoms. The third kappa shape index (κ3) is 18.7. The van der Waals surface area contributed by atoms with E-state index in [1.807, 2.05) is 18.8 Å². The fourth-order valence-electron chi connectivity index (χ4n) is 14.5. The number of nitrogens with two attached hydrogens (primary N) is 2. The molecule has 117 heavy (non-hydrogen) atoms. The molecule has 6 saturated heterocycles. The third-order valence-corrected chi connectivity index (χ3v) is 22.3. The molecule has 40 heteroatoms. The van der Waals surface area contributed by atoms with Gasteiger partial charge in [-0.3, -0.25) is 66.5 Å². The average Bonchev–Trinajstić information content (AvgIpc) is 1.65. The van der Waals surface area contributed by atoms with Crippen molar-refractivity contribution in [2.24, 2.45) is 29.6 Å². The van der Waals surface area contributed by atoms with E-state index >= 15 is 0 Å². The maximum absolute atomic E-state index is 14.5. The molecule has 6 fully saturated rings. The molecule has 12 rings (SSSR count). The molecule has 6 aliphatic rings. The van der Waals surface area contributed by atoms with Crippen LogP contribution >= 0.6 is 0 Å². The number of halogens is 6. The molecule has 0 aromatic carbocycles. The first-order valence-corrected chi connectivity index (χ1v) is 37.0. The number of aromatic amines is 4. The summed E-state index contributed by atoms with van der Waals surface area (Å²) in [4.78, 5) is 141. The minimum atomic E-state index is -1.94. The van der Waals surface area contributed by atoms with E-state index in [9.17, 15) is 94.4 Å². The lowest BCUT2D eigenvalue weighted by molar-refractivity contribution is -0.139. The fourth-order valence-corrected chi connectivity index (χ4v) is 14.5. The monoisotopic (exact) mass is 1650 g/mol. The number of aldehydes is 1. The number of rotatable bonds is 17. The Labute approximate surface area is 662 Å². The summed E-state index contributed by atoms with van der Waals surface area (Å²) in [6.45, 7) is 26.7. The van der Waals surface area contributed by atoms with Crippen LogP contribution in [0, 0.1) is 41.9 Å². The van der Waals surface area contributed by atoms with Gasteiger partial charge in [0, 0.05) is 91.0 Å². The van der Waals surface area contributed by atoms with Gasteiger partial charge in [-0.15, -0.1) is 23.6 Å². The first-order chi connectivity index (χ1) is 55.2. The van der Waals surface area contributed by atoms with Gasteiger partial charge in [0.2, 0.25) is 0 Å². The molecular formula is C77H96F6N14O20. The smallest absolute Gasteiger partial charge is 0.351 e. The molecule has 0 aliphatic carbocycles. The second-order valence-corrected chi connectivity index (χ2v) is 28.4. The van der Waals surface area contributed by atoms with Crippen LogP contribution < -0.4 is 67.8 Å². The topological polar surface area (TPSA) is 474 Å². The van der Waals surface area contributed by atoms with E-state index in [0.29, 0.717) is 38.4 Å². The van der Waals surface area contributed by atoms with Gasteiger partial charge in [-0.1, -0.05) is 94.9 Å². The molecule has 0 saturated carbocycles. The van der Waals surface area contributed by atoms with E-state index in [2.05, 4.69) is 67.8 Å². The summed E-state index contributed by atoms with van der Waals surface area (Å²) in [5.74, 6) is -0.0549. The van der Waals surface area contributed by atoms with Crippen molar-refractivity contribution < 1.29 is 74.9 Å². The molecule has 0 bridgehead atoms. The normalized spacial score (nSPS) is 33.6. The lowest BCUT2D eigenvalue weighted by atomic mass is 9.85. The summed E-state index contributed by atoms with van der Waals surface area (Å²) >= 11 is 0. The maximum atomic E-state index is 14.5. The molecule has 6 aromatic rings. The van der Waals surface area contributed by atoms with Crippen molar-refractivity contribution >= 4 is 17.9 Å². The molecule has 0 amide bonds. The predicted molar refractivity (Wildman–Crippen MR) is 411 cm³/mol. The Balaban J connectivity index is 0.000000194. The van der Waals surface area contributed by atoms with Crippen molar-refractivity contribution in [2.45, 2.75) is 215 Å². The highest BCUT2D eigenvalue weighted by Gasteiger charge is 2.58. The van der Waals surface area contributed by atoms with E-state index < -0.39 is 207 Å². The molecule has 11 N–H and O–H groups in total. The number of terminal acetylenes is 1. The minimum absolute atomic E-state index is 0.0142. The average molecular weight is 1650 g/mol. The van der Waals surface area contributed by atoms with Crippen molar-refractivity contribution in [1.82, 2.24) is 57.3 Å². The Hall–Kier alpha value is -10.9. The SMILES string of the molecule is C#C[C@]1(CC)O[C@@H](n2ccc(=O)[nH]c2=O)[C@@H](F)[C@@H]1C.C=C=C[C@]1(CC)O[C@@H](n2ccc(=O)[nH]c2=O)[C@@H](F)[C@@H]1C.C=C=C[C@]1(CC)O[C@@H](n2ccc(N)nc2=O)[C@@H](F)[C@@H]1C.C=C=C[C@]1(CO)O[C@@H](n2ccc(N)nc2=O)[C@@H](F)[C@@H]1O.CC[C@@]1(C=O)O[C@@H](n2ccc(=O)[nH]c2=O)[C@@H](F)[C@@H]1C.CC[C@@]1(CO)O[C@@H](n2ccc(=O)[nH]c2=O)[C@@H](F)[C@@H]1C. The zero-order valence-corrected chi connectivity index (χ0v) is 65.6. The Bertz CT molecular complexity index is 5240. The number of alkyl halides is 6. The van der Waals surface area contributed by atoms with E-state index in [1.165, 1.54) is 49.3 Å². The van der Waals surface area contributed by atoms with Crippen molar-refractivity contribution in [3.63, 3.8) is 0 Å². The molecule has 6 aromatic heterocycles. The number of hydrogen-bond acceptors (Lipinski definition) is 24. The third-order valence-electron chi connectivity index (χ3n) is 22.3. The summed E-state index contributed by atoms with van der Waals surface area (Å²) in [7, 11) is 0. The van der Waals surface area contributed by atoms with Gasteiger partial charge >= 0.3 is 34.1 Å². The van der Waals surface area contributed by atoms with Crippen LogP contribution in [0.2, 0.25) is 0 Å². The second kappa shape index (κ2) is 38.4. The molecular weight excluding hydrogens is 1550 g/mol. The highest BCUT2D eigenvalue weighted by Crippen LogP contribution is 2.50. The number of carbonyl (C=O) groups excluding carboxylic acids is 1. The number of nitrogen functional groups attached to an aromatic ring is 2. The number of H-pyrrole nitrogens is 4. The van der Waals surface area contributed by atoms with Gasteiger partial charge in [0.25, 0.3) is 22.2 Å².